The molecule has 1 amide bonds. The number of rotatable bonds is 6. The second-order valence-electron chi connectivity index (χ2n) is 8.53. The largest absolute Gasteiger partial charge is 0.345 e. The Hall–Kier alpha value is -3.12. The predicted molar refractivity (Wildman–Crippen MR) is 125 cm³/mol. The van der Waals surface area contributed by atoms with Gasteiger partial charge in [0.2, 0.25) is 0 Å². The summed E-state index contributed by atoms with van der Waals surface area (Å²) in [6.45, 7) is 8.36. The van der Waals surface area contributed by atoms with Crippen molar-refractivity contribution in [3.63, 3.8) is 0 Å². The molecule has 0 bridgehead atoms. The standard InChI is InChI=1S/C25H28N2O3S/c1-18(19-14-16-20(17-15-19)25(2,3)4)26-24(28)22-12-8-9-13-23(22)27-31(29,30)21-10-6-5-7-11-21/h5-18,27H,1-4H3,(H,26,28). The minimum Gasteiger partial charge on any atom is -0.345 e. The zero-order chi connectivity index (χ0) is 22.6. The van der Waals surface area contributed by atoms with Crippen molar-refractivity contribution in [2.24, 2.45) is 0 Å². The molecule has 162 valence electrons. The zero-order valence-corrected chi connectivity index (χ0v) is 19.0. The van der Waals surface area contributed by atoms with Crippen molar-refractivity contribution in [1.29, 1.82) is 0 Å². The minimum absolute atomic E-state index is 0.0554. The molecule has 0 saturated heterocycles. The number of sulfonamides is 1. The van der Waals surface area contributed by atoms with Gasteiger partial charge in [-0.25, -0.2) is 8.42 Å². The summed E-state index contributed by atoms with van der Waals surface area (Å²) in [6.07, 6.45) is 0. The SMILES string of the molecule is CC(NC(=O)c1ccccc1NS(=O)(=O)c1ccccc1)c1ccc(C(C)(C)C)cc1. The van der Waals surface area contributed by atoms with Gasteiger partial charge in [-0.15, -0.1) is 0 Å². The Morgan fingerprint density at radius 2 is 1.42 bits per heavy atom. The molecule has 0 aromatic heterocycles. The van der Waals surface area contributed by atoms with Crippen molar-refractivity contribution >= 4 is 21.6 Å². The van der Waals surface area contributed by atoms with E-state index in [0.717, 1.165) is 5.56 Å². The highest BCUT2D eigenvalue weighted by molar-refractivity contribution is 7.92. The average molecular weight is 437 g/mol. The van der Waals surface area contributed by atoms with Crippen LogP contribution in [-0.4, -0.2) is 14.3 Å². The van der Waals surface area contributed by atoms with Crippen molar-refractivity contribution < 1.29 is 13.2 Å². The molecule has 0 aliphatic heterocycles. The summed E-state index contributed by atoms with van der Waals surface area (Å²) in [6, 6.07) is 22.6. The molecule has 0 aliphatic rings. The van der Waals surface area contributed by atoms with E-state index in [1.165, 1.54) is 17.7 Å². The monoisotopic (exact) mass is 436 g/mol. The van der Waals surface area contributed by atoms with Crippen LogP contribution in [0.3, 0.4) is 0 Å². The summed E-state index contributed by atoms with van der Waals surface area (Å²) in [4.78, 5) is 13.1. The van der Waals surface area contributed by atoms with Gasteiger partial charge in [0.15, 0.2) is 0 Å². The summed E-state index contributed by atoms with van der Waals surface area (Å²) in [7, 11) is -3.80. The van der Waals surface area contributed by atoms with Crippen molar-refractivity contribution in [2.75, 3.05) is 4.72 Å². The number of amides is 1. The van der Waals surface area contributed by atoms with Crippen molar-refractivity contribution in [1.82, 2.24) is 5.32 Å². The maximum Gasteiger partial charge on any atom is 0.261 e. The molecule has 6 heteroatoms. The van der Waals surface area contributed by atoms with Gasteiger partial charge in [-0.2, -0.15) is 0 Å². The molecule has 3 aromatic carbocycles. The van der Waals surface area contributed by atoms with E-state index in [2.05, 4.69) is 42.9 Å². The fraction of sp³-hybridized carbons (Fsp3) is 0.240. The Balaban J connectivity index is 1.78. The third kappa shape index (κ3) is 5.52. The van der Waals surface area contributed by atoms with E-state index in [1.54, 1.807) is 42.5 Å². The highest BCUT2D eigenvalue weighted by atomic mass is 32.2. The molecule has 0 spiro atoms. The second kappa shape index (κ2) is 8.94. The molecule has 1 atom stereocenters. The summed E-state index contributed by atoms with van der Waals surface area (Å²) >= 11 is 0. The molecular formula is C25H28N2O3S. The Bertz CT molecular complexity index is 1150. The second-order valence-corrected chi connectivity index (χ2v) is 10.2. The number of benzene rings is 3. The first-order valence-electron chi connectivity index (χ1n) is 10.2. The Kier molecular flexibility index (Phi) is 6.51. The van der Waals surface area contributed by atoms with Crippen molar-refractivity contribution in [3.05, 3.63) is 95.6 Å². The fourth-order valence-electron chi connectivity index (χ4n) is 3.20. The van der Waals surface area contributed by atoms with Crippen LogP contribution in [-0.2, 0) is 15.4 Å². The van der Waals surface area contributed by atoms with Crippen molar-refractivity contribution in [2.45, 2.75) is 44.0 Å². The molecule has 3 aromatic rings. The van der Waals surface area contributed by atoms with E-state index in [9.17, 15) is 13.2 Å². The molecule has 3 rings (SSSR count). The summed E-state index contributed by atoms with van der Waals surface area (Å²) in [5.74, 6) is -0.348. The van der Waals surface area contributed by atoms with Gasteiger partial charge in [-0.1, -0.05) is 75.4 Å². The normalized spacial score (nSPS) is 12.8. The van der Waals surface area contributed by atoms with Crippen LogP contribution in [0.15, 0.2) is 83.8 Å². The van der Waals surface area contributed by atoms with Crippen LogP contribution >= 0.6 is 0 Å². The first-order chi connectivity index (χ1) is 14.6. The van der Waals surface area contributed by atoms with E-state index < -0.39 is 10.0 Å². The van der Waals surface area contributed by atoms with Crippen LogP contribution < -0.4 is 10.0 Å². The lowest BCUT2D eigenvalue weighted by Gasteiger charge is -2.21. The lowest BCUT2D eigenvalue weighted by Crippen LogP contribution is -2.28. The minimum atomic E-state index is -3.80. The number of anilines is 1. The van der Waals surface area contributed by atoms with Gasteiger partial charge < -0.3 is 5.32 Å². The molecule has 2 N–H and O–H groups in total. The highest BCUT2D eigenvalue weighted by Gasteiger charge is 2.20. The van der Waals surface area contributed by atoms with Gasteiger partial charge >= 0.3 is 0 Å². The third-order valence-corrected chi connectivity index (χ3v) is 6.48. The summed E-state index contributed by atoms with van der Waals surface area (Å²) in [5, 5.41) is 2.96. The van der Waals surface area contributed by atoms with Crippen LogP contribution in [0, 0.1) is 0 Å². The number of carbonyl (C=O) groups excluding carboxylic acids is 1. The lowest BCUT2D eigenvalue weighted by atomic mass is 9.86. The molecule has 0 aliphatic carbocycles. The first kappa shape index (κ1) is 22.6. The summed E-state index contributed by atoms with van der Waals surface area (Å²) < 4.78 is 27.9. The average Bonchev–Trinajstić information content (AvgIpc) is 2.74. The van der Waals surface area contributed by atoms with Gasteiger partial charge in [0, 0.05) is 0 Å². The fourth-order valence-corrected chi connectivity index (χ4v) is 4.30. The molecular weight excluding hydrogens is 408 g/mol. The van der Waals surface area contributed by atoms with Gasteiger partial charge in [0.25, 0.3) is 15.9 Å². The molecule has 0 saturated carbocycles. The maximum atomic E-state index is 13.0. The lowest BCUT2D eigenvalue weighted by molar-refractivity contribution is 0.0941. The summed E-state index contributed by atoms with van der Waals surface area (Å²) in [5.41, 5.74) is 2.75. The molecule has 5 nitrogen and oxygen atoms in total. The molecule has 31 heavy (non-hydrogen) atoms. The number of para-hydroxylation sites is 1. The van der Waals surface area contributed by atoms with Crippen LogP contribution in [0.5, 0.6) is 0 Å². The number of nitrogens with one attached hydrogen (secondary N) is 2. The van der Waals surface area contributed by atoms with Crippen LogP contribution in [0.4, 0.5) is 5.69 Å². The van der Waals surface area contributed by atoms with E-state index in [0.29, 0.717) is 0 Å². The molecule has 0 radical (unpaired) electrons. The number of hydrogen-bond donors (Lipinski definition) is 2. The van der Waals surface area contributed by atoms with Crippen molar-refractivity contribution in [3.8, 4) is 0 Å². The van der Waals surface area contributed by atoms with E-state index in [1.807, 2.05) is 19.1 Å². The van der Waals surface area contributed by atoms with Crippen LogP contribution in [0.25, 0.3) is 0 Å². The van der Waals surface area contributed by atoms with Gasteiger partial charge in [0.05, 0.1) is 22.2 Å². The van der Waals surface area contributed by atoms with Crippen LogP contribution in [0.1, 0.15) is 55.2 Å². The number of carbonyl (C=O) groups is 1. The Morgan fingerprint density at radius 1 is 0.839 bits per heavy atom. The van der Waals surface area contributed by atoms with Gasteiger partial charge in [-0.05, 0) is 47.7 Å². The highest BCUT2D eigenvalue weighted by Crippen LogP contribution is 2.25. The quantitative estimate of drug-likeness (QED) is 0.552. The Morgan fingerprint density at radius 3 is 2.03 bits per heavy atom. The topological polar surface area (TPSA) is 75.3 Å². The zero-order valence-electron chi connectivity index (χ0n) is 18.2. The smallest absolute Gasteiger partial charge is 0.261 e. The van der Waals surface area contributed by atoms with Gasteiger partial charge in [0.1, 0.15) is 0 Å². The molecule has 1 unspecified atom stereocenters. The number of hydrogen-bond acceptors (Lipinski definition) is 3. The first-order valence-corrected chi connectivity index (χ1v) is 11.6. The third-order valence-electron chi connectivity index (χ3n) is 5.09. The van der Waals surface area contributed by atoms with E-state index in [-0.39, 0.29) is 33.5 Å². The maximum absolute atomic E-state index is 13.0. The van der Waals surface area contributed by atoms with E-state index in [4.69, 9.17) is 0 Å². The predicted octanol–water partition coefficient (Wildman–Crippen LogP) is 5.28. The Labute approximate surface area is 184 Å². The molecule has 0 heterocycles. The van der Waals surface area contributed by atoms with E-state index >= 15 is 0 Å². The van der Waals surface area contributed by atoms with Crippen LogP contribution in [0.2, 0.25) is 0 Å². The van der Waals surface area contributed by atoms with Gasteiger partial charge in [-0.3, -0.25) is 9.52 Å². The molecule has 0 fully saturated rings.